The molecule has 2 heterocycles. The summed E-state index contributed by atoms with van der Waals surface area (Å²) >= 11 is 0. The van der Waals surface area contributed by atoms with Gasteiger partial charge < -0.3 is 10.4 Å². The summed E-state index contributed by atoms with van der Waals surface area (Å²) in [5.74, 6) is 1.07. The zero-order valence-electron chi connectivity index (χ0n) is 9.65. The Morgan fingerprint density at radius 3 is 3.19 bits per heavy atom. The van der Waals surface area contributed by atoms with Crippen LogP contribution in [0.2, 0.25) is 0 Å². The lowest BCUT2D eigenvalue weighted by Crippen LogP contribution is -2.26. The Kier molecular flexibility index (Phi) is 4.17. The molecule has 1 unspecified atom stereocenters. The second-order valence-corrected chi connectivity index (χ2v) is 4.46. The number of aliphatic hydroxyl groups is 1. The predicted molar refractivity (Wildman–Crippen MR) is 65.5 cm³/mol. The van der Waals surface area contributed by atoms with Gasteiger partial charge in [0.15, 0.2) is 0 Å². The molecule has 1 aromatic heterocycles. The van der Waals surface area contributed by atoms with Gasteiger partial charge in [-0.2, -0.15) is 0 Å². The largest absolute Gasteiger partial charge is 0.396 e. The lowest BCUT2D eigenvalue weighted by Gasteiger charge is -2.25. The number of rotatable bonds is 5. The van der Waals surface area contributed by atoms with E-state index in [1.54, 1.807) is 0 Å². The molecule has 0 saturated carbocycles. The highest BCUT2D eigenvalue weighted by molar-refractivity contribution is 5.46. The molecule has 0 aromatic carbocycles. The van der Waals surface area contributed by atoms with Crippen molar-refractivity contribution in [3.63, 3.8) is 0 Å². The van der Waals surface area contributed by atoms with Crippen molar-refractivity contribution < 1.29 is 5.11 Å². The fourth-order valence-electron chi connectivity index (χ4n) is 2.26. The Bertz CT molecular complexity index is 327. The van der Waals surface area contributed by atoms with Crippen molar-refractivity contribution in [2.24, 2.45) is 0 Å². The van der Waals surface area contributed by atoms with Crippen LogP contribution in [0.1, 0.15) is 37.7 Å². The minimum absolute atomic E-state index is 0.322. The summed E-state index contributed by atoms with van der Waals surface area (Å²) in [5.41, 5.74) is 1.34. The molecule has 1 aliphatic heterocycles. The summed E-state index contributed by atoms with van der Waals surface area (Å²) in [6.07, 6.45) is 8.64. The first kappa shape index (κ1) is 11.4. The number of aryl methyl sites for hydroxylation is 1. The number of fused-ring (bicyclic) bond motifs is 1. The highest BCUT2D eigenvalue weighted by Gasteiger charge is 2.17. The SMILES string of the molecule is OCCCCCC1CCc2cccnc2N1. The van der Waals surface area contributed by atoms with Crippen LogP contribution in [0.4, 0.5) is 5.82 Å². The van der Waals surface area contributed by atoms with E-state index in [4.69, 9.17) is 5.11 Å². The van der Waals surface area contributed by atoms with Crippen LogP contribution in [0.3, 0.4) is 0 Å². The van der Waals surface area contributed by atoms with Crippen molar-refractivity contribution >= 4 is 5.82 Å². The molecule has 0 spiro atoms. The van der Waals surface area contributed by atoms with E-state index in [1.165, 1.54) is 24.8 Å². The number of aliphatic hydroxyl groups excluding tert-OH is 1. The Hall–Kier alpha value is -1.09. The van der Waals surface area contributed by atoms with Crippen LogP contribution in [0.25, 0.3) is 0 Å². The molecule has 16 heavy (non-hydrogen) atoms. The third-order valence-corrected chi connectivity index (χ3v) is 3.20. The molecule has 0 bridgehead atoms. The average Bonchev–Trinajstić information content (AvgIpc) is 2.34. The Morgan fingerprint density at radius 2 is 2.31 bits per heavy atom. The Morgan fingerprint density at radius 1 is 1.38 bits per heavy atom. The summed E-state index contributed by atoms with van der Waals surface area (Å²) in [4.78, 5) is 4.36. The van der Waals surface area contributed by atoms with E-state index in [0.29, 0.717) is 12.6 Å². The highest BCUT2D eigenvalue weighted by Crippen LogP contribution is 2.24. The Labute approximate surface area is 96.9 Å². The van der Waals surface area contributed by atoms with Crippen LogP contribution >= 0.6 is 0 Å². The molecule has 2 N–H and O–H groups in total. The van der Waals surface area contributed by atoms with Crippen LogP contribution in [-0.4, -0.2) is 22.7 Å². The first-order chi connectivity index (χ1) is 7.90. The summed E-state index contributed by atoms with van der Waals surface area (Å²) < 4.78 is 0. The molecule has 1 aliphatic rings. The standard InChI is InChI=1S/C13H20N2O/c16-10-3-1-2-6-12-8-7-11-5-4-9-14-13(11)15-12/h4-5,9,12,16H,1-3,6-8,10H2,(H,14,15). The molecule has 0 aliphatic carbocycles. The molecule has 3 heteroatoms. The zero-order chi connectivity index (χ0) is 11.2. The molecule has 0 amide bonds. The molecular weight excluding hydrogens is 200 g/mol. The number of hydrogen-bond donors (Lipinski definition) is 2. The fraction of sp³-hybridized carbons (Fsp3) is 0.615. The third-order valence-electron chi connectivity index (χ3n) is 3.20. The van der Waals surface area contributed by atoms with Crippen LogP contribution < -0.4 is 5.32 Å². The molecule has 0 fully saturated rings. The third kappa shape index (κ3) is 2.95. The van der Waals surface area contributed by atoms with E-state index < -0.39 is 0 Å². The van der Waals surface area contributed by atoms with Crippen LogP contribution in [-0.2, 0) is 6.42 Å². The van der Waals surface area contributed by atoms with Gasteiger partial charge in [0.2, 0.25) is 0 Å². The van der Waals surface area contributed by atoms with Crippen LogP contribution in [0.15, 0.2) is 18.3 Å². The molecule has 0 saturated heterocycles. The average molecular weight is 220 g/mol. The van der Waals surface area contributed by atoms with Gasteiger partial charge in [-0.15, -0.1) is 0 Å². The molecular formula is C13H20N2O. The van der Waals surface area contributed by atoms with Crippen molar-refractivity contribution in [2.75, 3.05) is 11.9 Å². The topological polar surface area (TPSA) is 45.2 Å². The molecule has 0 radical (unpaired) electrons. The molecule has 88 valence electrons. The summed E-state index contributed by atoms with van der Waals surface area (Å²) in [7, 11) is 0. The maximum Gasteiger partial charge on any atom is 0.129 e. The van der Waals surface area contributed by atoms with Gasteiger partial charge in [0.05, 0.1) is 0 Å². The van der Waals surface area contributed by atoms with Gasteiger partial charge in [0.1, 0.15) is 5.82 Å². The number of anilines is 1. The maximum absolute atomic E-state index is 8.71. The van der Waals surface area contributed by atoms with E-state index in [0.717, 1.165) is 25.1 Å². The number of pyridine rings is 1. The van der Waals surface area contributed by atoms with E-state index in [1.807, 2.05) is 12.3 Å². The van der Waals surface area contributed by atoms with Gasteiger partial charge in [0.25, 0.3) is 0 Å². The fourth-order valence-corrected chi connectivity index (χ4v) is 2.26. The van der Waals surface area contributed by atoms with E-state index >= 15 is 0 Å². The maximum atomic E-state index is 8.71. The summed E-state index contributed by atoms with van der Waals surface area (Å²) in [6.45, 7) is 0.322. The highest BCUT2D eigenvalue weighted by atomic mass is 16.2. The monoisotopic (exact) mass is 220 g/mol. The number of nitrogens with zero attached hydrogens (tertiary/aromatic N) is 1. The van der Waals surface area contributed by atoms with Gasteiger partial charge in [-0.25, -0.2) is 4.98 Å². The van der Waals surface area contributed by atoms with Crippen LogP contribution in [0.5, 0.6) is 0 Å². The Balaban J connectivity index is 1.79. The zero-order valence-corrected chi connectivity index (χ0v) is 9.65. The second kappa shape index (κ2) is 5.85. The quantitative estimate of drug-likeness (QED) is 0.749. The smallest absolute Gasteiger partial charge is 0.129 e. The van der Waals surface area contributed by atoms with Crippen molar-refractivity contribution in [1.82, 2.24) is 4.98 Å². The molecule has 2 rings (SSSR count). The first-order valence-corrected chi connectivity index (χ1v) is 6.21. The molecule has 1 aromatic rings. The van der Waals surface area contributed by atoms with E-state index in [9.17, 15) is 0 Å². The van der Waals surface area contributed by atoms with Gasteiger partial charge in [-0.3, -0.25) is 0 Å². The van der Waals surface area contributed by atoms with Gasteiger partial charge in [-0.05, 0) is 37.3 Å². The molecule has 3 nitrogen and oxygen atoms in total. The van der Waals surface area contributed by atoms with Gasteiger partial charge >= 0.3 is 0 Å². The first-order valence-electron chi connectivity index (χ1n) is 6.21. The minimum Gasteiger partial charge on any atom is -0.396 e. The van der Waals surface area contributed by atoms with Crippen molar-refractivity contribution in [2.45, 2.75) is 44.6 Å². The van der Waals surface area contributed by atoms with E-state index in [2.05, 4.69) is 16.4 Å². The predicted octanol–water partition coefficient (Wildman–Crippen LogP) is 2.36. The summed E-state index contributed by atoms with van der Waals surface area (Å²) in [6, 6.07) is 4.72. The second-order valence-electron chi connectivity index (χ2n) is 4.46. The van der Waals surface area contributed by atoms with Gasteiger partial charge in [-0.1, -0.05) is 18.9 Å². The minimum atomic E-state index is 0.322. The van der Waals surface area contributed by atoms with E-state index in [-0.39, 0.29) is 0 Å². The normalized spacial score (nSPS) is 18.9. The van der Waals surface area contributed by atoms with Crippen molar-refractivity contribution in [3.05, 3.63) is 23.9 Å². The van der Waals surface area contributed by atoms with Gasteiger partial charge in [0, 0.05) is 18.8 Å². The lowest BCUT2D eigenvalue weighted by molar-refractivity contribution is 0.282. The number of aromatic nitrogens is 1. The van der Waals surface area contributed by atoms with Crippen molar-refractivity contribution in [3.8, 4) is 0 Å². The molecule has 1 atom stereocenters. The number of hydrogen-bond acceptors (Lipinski definition) is 3. The lowest BCUT2D eigenvalue weighted by atomic mass is 9.97. The van der Waals surface area contributed by atoms with Crippen LogP contribution in [0, 0.1) is 0 Å². The van der Waals surface area contributed by atoms with Crippen molar-refractivity contribution in [1.29, 1.82) is 0 Å². The number of unbranched alkanes of at least 4 members (excludes halogenated alkanes) is 2. The summed E-state index contributed by atoms with van der Waals surface area (Å²) in [5, 5.41) is 12.2. The number of nitrogens with one attached hydrogen (secondary N) is 1.